The highest BCUT2D eigenvalue weighted by molar-refractivity contribution is 5.81. The van der Waals surface area contributed by atoms with Gasteiger partial charge < -0.3 is 20.4 Å². The molecule has 5 nitrogen and oxygen atoms in total. The average Bonchev–Trinajstić information content (AvgIpc) is 2.35. The van der Waals surface area contributed by atoms with Crippen LogP contribution in [-0.4, -0.2) is 75.1 Å². The molecule has 1 fully saturated rings. The predicted octanol–water partition coefficient (Wildman–Crippen LogP) is -0.652. The molecule has 1 heterocycles. The van der Waals surface area contributed by atoms with Gasteiger partial charge in [-0.15, -0.1) is 0 Å². The van der Waals surface area contributed by atoms with Crippen LogP contribution in [0.5, 0.6) is 0 Å². The Morgan fingerprint density at radius 3 is 2.53 bits per heavy atom. The van der Waals surface area contributed by atoms with E-state index in [1.165, 1.54) is 0 Å². The summed E-state index contributed by atoms with van der Waals surface area (Å²) in [4.78, 5) is 16.3. The molecule has 0 aromatic heterocycles. The van der Waals surface area contributed by atoms with E-state index in [0.717, 1.165) is 45.7 Å². The molecule has 0 aromatic rings. The van der Waals surface area contributed by atoms with Crippen molar-refractivity contribution in [1.82, 2.24) is 20.4 Å². The Kier molecular flexibility index (Phi) is 6.47. The lowest BCUT2D eigenvalue weighted by Gasteiger charge is -2.32. The summed E-state index contributed by atoms with van der Waals surface area (Å²) in [5, 5.41) is 5.88. The number of rotatable bonds is 6. The van der Waals surface area contributed by atoms with Crippen molar-refractivity contribution in [1.29, 1.82) is 0 Å². The topological polar surface area (TPSA) is 47.6 Å². The third-order valence-electron chi connectivity index (χ3n) is 3.37. The van der Waals surface area contributed by atoms with Crippen LogP contribution in [-0.2, 0) is 4.79 Å². The van der Waals surface area contributed by atoms with Gasteiger partial charge >= 0.3 is 0 Å². The molecule has 1 saturated heterocycles. The zero-order valence-electron chi connectivity index (χ0n) is 11.3. The van der Waals surface area contributed by atoms with Crippen molar-refractivity contribution in [2.45, 2.75) is 19.4 Å². The number of hydrogen-bond acceptors (Lipinski definition) is 4. The molecule has 0 bridgehead atoms. The van der Waals surface area contributed by atoms with Crippen LogP contribution < -0.4 is 10.6 Å². The summed E-state index contributed by atoms with van der Waals surface area (Å²) in [6.45, 7) is 8.34. The number of piperazine rings is 1. The average molecular weight is 242 g/mol. The van der Waals surface area contributed by atoms with Crippen molar-refractivity contribution in [2.24, 2.45) is 0 Å². The minimum atomic E-state index is -0.0985. The second-order valence-corrected chi connectivity index (χ2v) is 4.80. The van der Waals surface area contributed by atoms with E-state index in [1.54, 1.807) is 7.05 Å². The summed E-state index contributed by atoms with van der Waals surface area (Å²) in [6.07, 6.45) is 1.03. The van der Waals surface area contributed by atoms with Crippen LogP contribution in [0, 0.1) is 0 Å². The van der Waals surface area contributed by atoms with E-state index >= 15 is 0 Å². The molecular formula is C12H26N4O. The third-order valence-corrected chi connectivity index (χ3v) is 3.37. The number of amides is 1. The van der Waals surface area contributed by atoms with Crippen molar-refractivity contribution in [3.05, 3.63) is 0 Å². The summed E-state index contributed by atoms with van der Waals surface area (Å²) in [5.74, 6) is 0.0888. The molecule has 1 atom stereocenters. The predicted molar refractivity (Wildman–Crippen MR) is 70.1 cm³/mol. The van der Waals surface area contributed by atoms with Gasteiger partial charge in [0, 0.05) is 32.7 Å². The molecular weight excluding hydrogens is 216 g/mol. The molecule has 17 heavy (non-hydrogen) atoms. The minimum Gasteiger partial charge on any atom is -0.355 e. The largest absolute Gasteiger partial charge is 0.355 e. The summed E-state index contributed by atoms with van der Waals surface area (Å²) in [6, 6.07) is -0.0985. The van der Waals surface area contributed by atoms with Gasteiger partial charge in [0.2, 0.25) is 5.91 Å². The zero-order valence-corrected chi connectivity index (χ0v) is 11.3. The number of carbonyl (C=O) groups is 1. The van der Waals surface area contributed by atoms with Gasteiger partial charge in [-0.25, -0.2) is 0 Å². The summed E-state index contributed by atoms with van der Waals surface area (Å²) >= 11 is 0. The standard InChI is InChI=1S/C12H26N4O/c1-11(13-2)12(17)14-5-4-6-16-9-7-15(3)8-10-16/h11,13H,4-10H2,1-3H3,(H,14,17). The van der Waals surface area contributed by atoms with E-state index in [9.17, 15) is 4.79 Å². The second-order valence-electron chi connectivity index (χ2n) is 4.80. The van der Waals surface area contributed by atoms with Crippen molar-refractivity contribution < 1.29 is 4.79 Å². The molecule has 1 rings (SSSR count). The van der Waals surface area contributed by atoms with Gasteiger partial charge in [-0.05, 0) is 34.0 Å². The van der Waals surface area contributed by atoms with Crippen LogP contribution in [0.15, 0.2) is 0 Å². The first-order valence-electron chi connectivity index (χ1n) is 6.49. The van der Waals surface area contributed by atoms with Crippen LogP contribution in [0.3, 0.4) is 0 Å². The lowest BCUT2D eigenvalue weighted by atomic mass is 10.3. The maximum atomic E-state index is 11.5. The molecule has 0 aliphatic carbocycles. The fourth-order valence-corrected chi connectivity index (χ4v) is 1.87. The van der Waals surface area contributed by atoms with Crippen LogP contribution in [0.1, 0.15) is 13.3 Å². The van der Waals surface area contributed by atoms with Gasteiger partial charge in [-0.1, -0.05) is 0 Å². The van der Waals surface area contributed by atoms with E-state index in [0.29, 0.717) is 0 Å². The second kappa shape index (κ2) is 7.63. The monoisotopic (exact) mass is 242 g/mol. The van der Waals surface area contributed by atoms with Crippen molar-refractivity contribution >= 4 is 5.91 Å². The molecule has 5 heteroatoms. The lowest BCUT2D eigenvalue weighted by Crippen LogP contribution is -2.45. The Morgan fingerprint density at radius 2 is 1.94 bits per heavy atom. The number of likely N-dealkylation sites (N-methyl/N-ethyl adjacent to an activating group) is 2. The molecule has 0 saturated carbocycles. The summed E-state index contributed by atoms with van der Waals surface area (Å²) in [5.41, 5.74) is 0. The van der Waals surface area contributed by atoms with Crippen molar-refractivity contribution in [3.63, 3.8) is 0 Å². The number of hydrogen-bond donors (Lipinski definition) is 2. The summed E-state index contributed by atoms with van der Waals surface area (Å²) in [7, 11) is 3.96. The minimum absolute atomic E-state index is 0.0888. The van der Waals surface area contributed by atoms with Gasteiger partial charge in [0.1, 0.15) is 0 Å². The number of nitrogens with one attached hydrogen (secondary N) is 2. The van der Waals surface area contributed by atoms with Gasteiger partial charge in [-0.3, -0.25) is 4.79 Å². The Bertz CT molecular complexity index is 227. The van der Waals surface area contributed by atoms with Gasteiger partial charge in [0.25, 0.3) is 0 Å². The van der Waals surface area contributed by atoms with Crippen LogP contribution in [0.2, 0.25) is 0 Å². The maximum Gasteiger partial charge on any atom is 0.236 e. The van der Waals surface area contributed by atoms with E-state index < -0.39 is 0 Å². The van der Waals surface area contributed by atoms with Crippen LogP contribution in [0.4, 0.5) is 0 Å². The maximum absolute atomic E-state index is 11.5. The SMILES string of the molecule is CNC(C)C(=O)NCCCN1CCN(C)CC1. The van der Waals surface area contributed by atoms with Crippen LogP contribution >= 0.6 is 0 Å². The normalized spacial score (nSPS) is 20.2. The summed E-state index contributed by atoms with van der Waals surface area (Å²) < 4.78 is 0. The quantitative estimate of drug-likeness (QED) is 0.608. The highest BCUT2D eigenvalue weighted by Gasteiger charge is 2.13. The molecule has 1 amide bonds. The van der Waals surface area contributed by atoms with E-state index in [1.807, 2.05) is 6.92 Å². The molecule has 1 aliphatic heterocycles. The molecule has 1 unspecified atom stereocenters. The molecule has 0 spiro atoms. The number of carbonyl (C=O) groups excluding carboxylic acids is 1. The Balaban J connectivity index is 2.02. The van der Waals surface area contributed by atoms with Crippen molar-refractivity contribution in [3.8, 4) is 0 Å². The Hall–Kier alpha value is -0.650. The van der Waals surface area contributed by atoms with Gasteiger partial charge in [0.15, 0.2) is 0 Å². The number of nitrogens with zero attached hydrogens (tertiary/aromatic N) is 2. The Labute approximate surface area is 105 Å². The van der Waals surface area contributed by atoms with Crippen molar-refractivity contribution in [2.75, 3.05) is 53.4 Å². The zero-order chi connectivity index (χ0) is 12.7. The van der Waals surface area contributed by atoms with Gasteiger partial charge in [0.05, 0.1) is 6.04 Å². The van der Waals surface area contributed by atoms with E-state index in [4.69, 9.17) is 0 Å². The van der Waals surface area contributed by atoms with Crippen LogP contribution in [0.25, 0.3) is 0 Å². The first kappa shape index (κ1) is 14.4. The molecule has 1 aliphatic rings. The molecule has 0 aromatic carbocycles. The highest BCUT2D eigenvalue weighted by Crippen LogP contribution is 1.99. The fourth-order valence-electron chi connectivity index (χ4n) is 1.87. The molecule has 0 radical (unpaired) electrons. The fraction of sp³-hybridized carbons (Fsp3) is 0.917. The highest BCUT2D eigenvalue weighted by atomic mass is 16.2. The first-order chi connectivity index (χ1) is 8.13. The third kappa shape index (κ3) is 5.48. The van der Waals surface area contributed by atoms with Gasteiger partial charge in [-0.2, -0.15) is 0 Å². The first-order valence-corrected chi connectivity index (χ1v) is 6.49. The lowest BCUT2D eigenvalue weighted by molar-refractivity contribution is -0.122. The molecule has 2 N–H and O–H groups in total. The Morgan fingerprint density at radius 1 is 1.29 bits per heavy atom. The van der Waals surface area contributed by atoms with E-state index in [2.05, 4.69) is 27.5 Å². The molecule has 100 valence electrons. The van der Waals surface area contributed by atoms with E-state index in [-0.39, 0.29) is 11.9 Å². The smallest absolute Gasteiger partial charge is 0.236 e.